The number of rotatable bonds is 3. The lowest BCUT2D eigenvalue weighted by molar-refractivity contribution is -0.00136. The molecule has 0 bridgehead atoms. The second kappa shape index (κ2) is 6.58. The SMILES string of the molecule is C[C@@H]1OCCN[C@H]1c1nc(C2(c3ccccn3)CCOCC2)no1. The zero-order valence-electron chi connectivity index (χ0n) is 13.8. The Bertz CT molecular complexity index is 669. The predicted molar refractivity (Wildman–Crippen MR) is 85.5 cm³/mol. The van der Waals surface area contributed by atoms with E-state index in [1.807, 2.05) is 31.3 Å². The highest BCUT2D eigenvalue weighted by molar-refractivity contribution is 5.27. The van der Waals surface area contributed by atoms with E-state index in [9.17, 15) is 0 Å². The molecule has 0 spiro atoms. The van der Waals surface area contributed by atoms with E-state index in [0.29, 0.717) is 31.5 Å². The van der Waals surface area contributed by atoms with Crippen LogP contribution in [0.2, 0.25) is 0 Å². The Morgan fingerprint density at radius 1 is 1.21 bits per heavy atom. The maximum atomic E-state index is 5.69. The van der Waals surface area contributed by atoms with E-state index in [1.165, 1.54) is 0 Å². The first-order chi connectivity index (χ1) is 11.8. The van der Waals surface area contributed by atoms with Crippen molar-refractivity contribution in [1.29, 1.82) is 0 Å². The zero-order valence-corrected chi connectivity index (χ0v) is 13.8. The molecule has 24 heavy (non-hydrogen) atoms. The number of morpholine rings is 1. The largest absolute Gasteiger partial charge is 0.381 e. The first-order valence-electron chi connectivity index (χ1n) is 8.48. The van der Waals surface area contributed by atoms with Crippen LogP contribution in [0, 0.1) is 0 Å². The van der Waals surface area contributed by atoms with Gasteiger partial charge in [-0.1, -0.05) is 11.2 Å². The van der Waals surface area contributed by atoms with Gasteiger partial charge in [-0.25, -0.2) is 0 Å². The fourth-order valence-electron chi connectivity index (χ4n) is 3.53. The maximum absolute atomic E-state index is 5.69. The van der Waals surface area contributed by atoms with Crippen molar-refractivity contribution in [2.75, 3.05) is 26.4 Å². The van der Waals surface area contributed by atoms with E-state index < -0.39 is 0 Å². The van der Waals surface area contributed by atoms with E-state index in [-0.39, 0.29) is 17.6 Å². The fourth-order valence-corrected chi connectivity index (χ4v) is 3.53. The molecule has 2 aromatic rings. The molecule has 2 aromatic heterocycles. The van der Waals surface area contributed by atoms with Crippen LogP contribution in [-0.4, -0.2) is 47.6 Å². The van der Waals surface area contributed by atoms with Crippen LogP contribution in [0.4, 0.5) is 0 Å². The van der Waals surface area contributed by atoms with Gasteiger partial charge in [-0.3, -0.25) is 4.98 Å². The van der Waals surface area contributed by atoms with Crippen molar-refractivity contribution in [1.82, 2.24) is 20.4 Å². The highest BCUT2D eigenvalue weighted by atomic mass is 16.5. The molecule has 2 aliphatic heterocycles. The van der Waals surface area contributed by atoms with Gasteiger partial charge in [0.15, 0.2) is 5.82 Å². The van der Waals surface area contributed by atoms with Gasteiger partial charge >= 0.3 is 0 Å². The second-order valence-corrected chi connectivity index (χ2v) is 6.37. The number of aromatic nitrogens is 3. The average molecular weight is 330 g/mol. The summed E-state index contributed by atoms with van der Waals surface area (Å²) >= 11 is 0. The number of ether oxygens (including phenoxy) is 2. The number of nitrogens with one attached hydrogen (secondary N) is 1. The van der Waals surface area contributed by atoms with Crippen molar-refractivity contribution < 1.29 is 14.0 Å². The maximum Gasteiger partial charge on any atom is 0.246 e. The highest BCUT2D eigenvalue weighted by Crippen LogP contribution is 2.39. The van der Waals surface area contributed by atoms with Crippen LogP contribution in [0.1, 0.15) is 43.2 Å². The standard InChI is InChI=1S/C17H22N4O3/c1-12-14(19-8-11-23-12)15-20-16(21-24-15)17(5-9-22-10-6-17)13-4-2-3-7-18-13/h2-4,7,12,14,19H,5-6,8-11H2,1H3/t12-,14+/m0/s1. The molecule has 7 heteroatoms. The van der Waals surface area contributed by atoms with Crippen molar-refractivity contribution in [3.05, 3.63) is 41.8 Å². The molecule has 0 radical (unpaired) electrons. The molecular weight excluding hydrogens is 308 g/mol. The Labute approximate surface area is 140 Å². The van der Waals surface area contributed by atoms with Crippen LogP contribution in [0.3, 0.4) is 0 Å². The summed E-state index contributed by atoms with van der Waals surface area (Å²) in [4.78, 5) is 9.31. The van der Waals surface area contributed by atoms with Crippen LogP contribution in [0.15, 0.2) is 28.9 Å². The number of nitrogens with zero attached hydrogens (tertiary/aromatic N) is 3. The monoisotopic (exact) mass is 330 g/mol. The summed E-state index contributed by atoms with van der Waals surface area (Å²) in [5, 5.41) is 7.71. The Hall–Kier alpha value is -1.83. The van der Waals surface area contributed by atoms with Gasteiger partial charge in [-0.15, -0.1) is 0 Å². The first-order valence-corrected chi connectivity index (χ1v) is 8.48. The van der Waals surface area contributed by atoms with Gasteiger partial charge in [-0.05, 0) is 31.9 Å². The van der Waals surface area contributed by atoms with Gasteiger partial charge in [0.1, 0.15) is 6.04 Å². The lowest BCUT2D eigenvalue weighted by Gasteiger charge is -2.33. The number of hydrogen-bond donors (Lipinski definition) is 1. The number of pyridine rings is 1. The van der Waals surface area contributed by atoms with Gasteiger partial charge in [0.25, 0.3) is 0 Å². The Balaban J connectivity index is 1.69. The van der Waals surface area contributed by atoms with Crippen LogP contribution in [0.5, 0.6) is 0 Å². The lowest BCUT2D eigenvalue weighted by atomic mass is 9.76. The van der Waals surface area contributed by atoms with Crippen LogP contribution in [-0.2, 0) is 14.9 Å². The summed E-state index contributed by atoms with van der Waals surface area (Å²) in [6.45, 7) is 4.84. The van der Waals surface area contributed by atoms with Crippen molar-refractivity contribution >= 4 is 0 Å². The van der Waals surface area contributed by atoms with E-state index >= 15 is 0 Å². The Morgan fingerprint density at radius 2 is 2.08 bits per heavy atom. The molecule has 2 saturated heterocycles. The van der Waals surface area contributed by atoms with Crippen LogP contribution < -0.4 is 5.32 Å². The summed E-state index contributed by atoms with van der Waals surface area (Å²) in [5.74, 6) is 1.28. The third-order valence-corrected chi connectivity index (χ3v) is 4.95. The number of hydrogen-bond acceptors (Lipinski definition) is 7. The molecule has 2 atom stereocenters. The molecule has 1 N–H and O–H groups in total. The summed E-state index contributed by atoms with van der Waals surface area (Å²) in [7, 11) is 0. The average Bonchev–Trinajstić information content (AvgIpc) is 3.14. The molecule has 2 fully saturated rings. The van der Waals surface area contributed by atoms with Crippen molar-refractivity contribution in [2.45, 2.75) is 37.3 Å². The van der Waals surface area contributed by atoms with Crippen molar-refractivity contribution in [2.24, 2.45) is 0 Å². The molecule has 0 amide bonds. The highest BCUT2D eigenvalue weighted by Gasteiger charge is 2.42. The summed E-state index contributed by atoms with van der Waals surface area (Å²) in [6, 6.07) is 5.88. The van der Waals surface area contributed by atoms with Gasteiger partial charge in [0.05, 0.1) is 23.8 Å². The van der Waals surface area contributed by atoms with Crippen LogP contribution >= 0.6 is 0 Å². The molecule has 4 heterocycles. The smallest absolute Gasteiger partial charge is 0.246 e. The van der Waals surface area contributed by atoms with Crippen molar-refractivity contribution in [3.63, 3.8) is 0 Å². The molecule has 4 rings (SSSR count). The molecule has 0 aliphatic carbocycles. The first kappa shape index (κ1) is 15.7. The molecule has 7 nitrogen and oxygen atoms in total. The second-order valence-electron chi connectivity index (χ2n) is 6.37. The molecule has 2 aliphatic rings. The molecule has 0 aromatic carbocycles. The van der Waals surface area contributed by atoms with Gasteiger partial charge in [0, 0.05) is 26.0 Å². The van der Waals surface area contributed by atoms with Crippen molar-refractivity contribution in [3.8, 4) is 0 Å². The predicted octanol–water partition coefficient (Wildman–Crippen LogP) is 1.61. The minimum absolute atomic E-state index is 0.00698. The van der Waals surface area contributed by atoms with E-state index in [0.717, 1.165) is 25.1 Å². The third kappa shape index (κ3) is 2.72. The summed E-state index contributed by atoms with van der Waals surface area (Å²) in [6.07, 6.45) is 3.42. The molecule has 0 saturated carbocycles. The van der Waals surface area contributed by atoms with Gasteiger partial charge in [0.2, 0.25) is 5.89 Å². The van der Waals surface area contributed by atoms with E-state index in [1.54, 1.807) is 0 Å². The normalized spacial score (nSPS) is 27.0. The summed E-state index contributed by atoms with van der Waals surface area (Å²) in [5.41, 5.74) is 0.626. The minimum Gasteiger partial charge on any atom is -0.381 e. The quantitative estimate of drug-likeness (QED) is 0.915. The molecule has 0 unspecified atom stereocenters. The van der Waals surface area contributed by atoms with E-state index in [2.05, 4.69) is 15.5 Å². The fraction of sp³-hybridized carbons (Fsp3) is 0.588. The summed E-state index contributed by atoms with van der Waals surface area (Å²) < 4.78 is 16.9. The lowest BCUT2D eigenvalue weighted by Crippen LogP contribution is -2.41. The van der Waals surface area contributed by atoms with Gasteiger partial charge in [-0.2, -0.15) is 4.98 Å². The minimum atomic E-state index is -0.347. The Morgan fingerprint density at radius 3 is 2.83 bits per heavy atom. The van der Waals surface area contributed by atoms with E-state index in [4.69, 9.17) is 19.0 Å². The third-order valence-electron chi connectivity index (χ3n) is 4.95. The Kier molecular flexibility index (Phi) is 4.30. The van der Waals surface area contributed by atoms with Crippen LogP contribution in [0.25, 0.3) is 0 Å². The molecule has 128 valence electrons. The van der Waals surface area contributed by atoms with Gasteiger partial charge < -0.3 is 19.3 Å². The topological polar surface area (TPSA) is 82.3 Å². The molecular formula is C17H22N4O3. The zero-order chi connectivity index (χ0) is 16.4.